The van der Waals surface area contributed by atoms with Gasteiger partial charge in [-0.25, -0.2) is 14.4 Å². The van der Waals surface area contributed by atoms with Crippen LogP contribution in [-0.4, -0.2) is 50.2 Å². The molecule has 0 amide bonds. The SMILES string of the molecule is CCNC(=NCc1ccnc(N2CCN(c3ccc(F)cc3)CC2)c1)NCC(C)C.I. The first-order valence-corrected chi connectivity index (χ1v) is 10.8. The lowest BCUT2D eigenvalue weighted by atomic mass is 10.2. The van der Waals surface area contributed by atoms with Crippen LogP contribution in [0.4, 0.5) is 15.9 Å². The molecule has 3 rings (SSSR count). The van der Waals surface area contributed by atoms with Gasteiger partial charge in [-0.05, 0) is 54.8 Å². The highest BCUT2D eigenvalue weighted by molar-refractivity contribution is 14.0. The van der Waals surface area contributed by atoms with E-state index in [4.69, 9.17) is 4.99 Å². The van der Waals surface area contributed by atoms with E-state index in [1.807, 2.05) is 24.4 Å². The molecule has 0 atom stereocenters. The summed E-state index contributed by atoms with van der Waals surface area (Å²) in [6, 6.07) is 10.9. The Morgan fingerprint density at radius 1 is 1.06 bits per heavy atom. The highest BCUT2D eigenvalue weighted by Gasteiger charge is 2.18. The molecule has 6 nitrogen and oxygen atoms in total. The quantitative estimate of drug-likeness (QED) is 0.317. The fourth-order valence-electron chi connectivity index (χ4n) is 3.39. The van der Waals surface area contributed by atoms with Crippen LogP contribution >= 0.6 is 24.0 Å². The molecule has 8 heteroatoms. The van der Waals surface area contributed by atoms with Crippen LogP contribution in [0.5, 0.6) is 0 Å². The van der Waals surface area contributed by atoms with Gasteiger partial charge in [0.05, 0.1) is 6.54 Å². The van der Waals surface area contributed by atoms with E-state index < -0.39 is 0 Å². The fraction of sp³-hybridized carbons (Fsp3) is 0.478. The minimum absolute atomic E-state index is 0. The van der Waals surface area contributed by atoms with Crippen LogP contribution in [0.15, 0.2) is 47.6 Å². The van der Waals surface area contributed by atoms with Crippen molar-refractivity contribution in [1.29, 1.82) is 0 Å². The van der Waals surface area contributed by atoms with Gasteiger partial charge in [-0.2, -0.15) is 0 Å². The van der Waals surface area contributed by atoms with E-state index in [1.54, 1.807) is 0 Å². The first-order valence-electron chi connectivity index (χ1n) is 10.8. The summed E-state index contributed by atoms with van der Waals surface area (Å²) >= 11 is 0. The molecule has 0 spiro atoms. The molecule has 0 radical (unpaired) electrons. The molecular weight excluding hydrogens is 506 g/mol. The largest absolute Gasteiger partial charge is 0.368 e. The summed E-state index contributed by atoms with van der Waals surface area (Å²) in [5.41, 5.74) is 2.21. The summed E-state index contributed by atoms with van der Waals surface area (Å²) < 4.78 is 13.2. The molecule has 0 aliphatic carbocycles. The average molecular weight is 540 g/mol. The second-order valence-electron chi connectivity index (χ2n) is 7.94. The molecule has 1 aromatic carbocycles. The summed E-state index contributed by atoms with van der Waals surface area (Å²) in [5.74, 6) is 2.20. The normalized spacial score (nSPS) is 14.4. The lowest BCUT2D eigenvalue weighted by Gasteiger charge is -2.36. The van der Waals surface area contributed by atoms with Crippen LogP contribution in [-0.2, 0) is 6.54 Å². The lowest BCUT2D eigenvalue weighted by molar-refractivity contribution is 0.615. The number of hydrogen-bond acceptors (Lipinski definition) is 4. The monoisotopic (exact) mass is 540 g/mol. The van der Waals surface area contributed by atoms with Crippen LogP contribution in [0.3, 0.4) is 0 Å². The minimum atomic E-state index is -0.197. The van der Waals surface area contributed by atoms with Gasteiger partial charge in [-0.3, -0.25) is 0 Å². The number of rotatable bonds is 7. The number of halogens is 2. The molecule has 170 valence electrons. The number of hydrogen-bond donors (Lipinski definition) is 2. The van der Waals surface area contributed by atoms with E-state index >= 15 is 0 Å². The van der Waals surface area contributed by atoms with E-state index in [-0.39, 0.29) is 29.8 Å². The molecule has 0 bridgehead atoms. The molecule has 2 N–H and O–H groups in total. The summed E-state index contributed by atoms with van der Waals surface area (Å²) in [6.45, 7) is 12.3. The molecule has 31 heavy (non-hydrogen) atoms. The Morgan fingerprint density at radius 2 is 1.74 bits per heavy atom. The maximum absolute atomic E-state index is 13.2. The summed E-state index contributed by atoms with van der Waals surface area (Å²) in [4.78, 5) is 13.9. The fourth-order valence-corrected chi connectivity index (χ4v) is 3.39. The third kappa shape index (κ3) is 7.83. The van der Waals surface area contributed by atoms with Crippen molar-refractivity contribution >= 4 is 41.4 Å². The predicted octanol–water partition coefficient (Wildman–Crippen LogP) is 3.88. The van der Waals surface area contributed by atoms with Gasteiger partial charge in [0.25, 0.3) is 0 Å². The lowest BCUT2D eigenvalue weighted by Crippen LogP contribution is -2.46. The molecule has 0 unspecified atom stereocenters. The van der Waals surface area contributed by atoms with Crippen molar-refractivity contribution in [2.45, 2.75) is 27.3 Å². The van der Waals surface area contributed by atoms with E-state index in [9.17, 15) is 4.39 Å². The van der Waals surface area contributed by atoms with Crippen LogP contribution in [0.1, 0.15) is 26.3 Å². The third-order valence-electron chi connectivity index (χ3n) is 5.05. The van der Waals surface area contributed by atoms with Crippen molar-refractivity contribution in [3.63, 3.8) is 0 Å². The molecule has 1 aliphatic heterocycles. The number of nitrogens with zero attached hydrogens (tertiary/aromatic N) is 4. The first-order chi connectivity index (χ1) is 14.5. The van der Waals surface area contributed by atoms with Crippen LogP contribution in [0, 0.1) is 11.7 Å². The second kappa shape index (κ2) is 12.7. The van der Waals surface area contributed by atoms with E-state index in [0.29, 0.717) is 12.5 Å². The molecule has 1 saturated heterocycles. The van der Waals surface area contributed by atoms with Crippen LogP contribution in [0.2, 0.25) is 0 Å². The number of nitrogens with one attached hydrogen (secondary N) is 2. The van der Waals surface area contributed by atoms with Gasteiger partial charge >= 0.3 is 0 Å². The molecule has 1 fully saturated rings. The van der Waals surface area contributed by atoms with Crippen molar-refractivity contribution in [2.24, 2.45) is 10.9 Å². The Hall–Kier alpha value is -2.10. The highest BCUT2D eigenvalue weighted by atomic mass is 127. The third-order valence-corrected chi connectivity index (χ3v) is 5.05. The van der Waals surface area contributed by atoms with Crippen molar-refractivity contribution in [3.05, 3.63) is 54.0 Å². The number of aliphatic imine (C=N–C) groups is 1. The van der Waals surface area contributed by atoms with Crippen molar-refractivity contribution < 1.29 is 4.39 Å². The van der Waals surface area contributed by atoms with Gasteiger partial charge < -0.3 is 20.4 Å². The second-order valence-corrected chi connectivity index (χ2v) is 7.94. The van der Waals surface area contributed by atoms with E-state index in [1.165, 1.54) is 12.1 Å². The molecule has 2 aromatic rings. The molecule has 0 saturated carbocycles. The Kier molecular flexibility index (Phi) is 10.3. The molecule has 1 aliphatic rings. The average Bonchev–Trinajstić information content (AvgIpc) is 2.76. The number of guanidine groups is 1. The molecule has 1 aromatic heterocycles. The maximum Gasteiger partial charge on any atom is 0.191 e. The summed E-state index contributed by atoms with van der Waals surface area (Å²) in [5, 5.41) is 6.67. The Morgan fingerprint density at radius 3 is 2.39 bits per heavy atom. The molecular formula is C23H34FIN6. The van der Waals surface area contributed by atoms with Gasteiger partial charge in [0, 0.05) is 51.2 Å². The predicted molar refractivity (Wildman–Crippen MR) is 138 cm³/mol. The Bertz CT molecular complexity index is 819. The zero-order chi connectivity index (χ0) is 21.3. The number of anilines is 2. The van der Waals surface area contributed by atoms with E-state index in [0.717, 1.165) is 62.3 Å². The number of pyridine rings is 1. The van der Waals surface area contributed by atoms with Gasteiger partial charge in [0.2, 0.25) is 0 Å². The Balaban J connectivity index is 0.00000341. The van der Waals surface area contributed by atoms with Gasteiger partial charge in [0.1, 0.15) is 11.6 Å². The summed E-state index contributed by atoms with van der Waals surface area (Å²) in [6.07, 6.45) is 1.86. The van der Waals surface area contributed by atoms with Crippen molar-refractivity contribution in [3.8, 4) is 0 Å². The first kappa shape index (κ1) is 25.2. The van der Waals surface area contributed by atoms with Crippen LogP contribution < -0.4 is 20.4 Å². The topological polar surface area (TPSA) is 55.8 Å². The van der Waals surface area contributed by atoms with Crippen molar-refractivity contribution in [1.82, 2.24) is 15.6 Å². The zero-order valence-electron chi connectivity index (χ0n) is 18.6. The Labute approximate surface area is 202 Å². The number of piperazine rings is 1. The number of aromatic nitrogens is 1. The van der Waals surface area contributed by atoms with Gasteiger partial charge in [-0.15, -0.1) is 24.0 Å². The van der Waals surface area contributed by atoms with Crippen LogP contribution in [0.25, 0.3) is 0 Å². The highest BCUT2D eigenvalue weighted by Crippen LogP contribution is 2.20. The standard InChI is InChI=1S/C23H33FN6.HI/c1-4-25-23(27-16-18(2)3)28-17-19-9-10-26-22(15-19)30-13-11-29(12-14-30)21-7-5-20(24)6-8-21;/h5-10,15,18H,4,11-14,16-17H2,1-3H3,(H2,25,27,28);1H. The van der Waals surface area contributed by atoms with Crippen molar-refractivity contribution in [2.75, 3.05) is 49.1 Å². The van der Waals surface area contributed by atoms with E-state index in [2.05, 4.69) is 52.3 Å². The summed E-state index contributed by atoms with van der Waals surface area (Å²) in [7, 11) is 0. The number of benzene rings is 1. The smallest absolute Gasteiger partial charge is 0.191 e. The molecule has 2 heterocycles. The minimum Gasteiger partial charge on any atom is -0.368 e. The van der Waals surface area contributed by atoms with Gasteiger partial charge in [0.15, 0.2) is 5.96 Å². The van der Waals surface area contributed by atoms with Gasteiger partial charge in [-0.1, -0.05) is 13.8 Å². The zero-order valence-corrected chi connectivity index (χ0v) is 21.0. The maximum atomic E-state index is 13.2.